The maximum absolute atomic E-state index is 11.9. The summed E-state index contributed by atoms with van der Waals surface area (Å²) in [6.07, 6.45) is 2.86. The standard InChI is InChI=1S/C12H14N2O3/c1-2-14(5-6-15)12(16)10(9-13)8-11-4-3-7-17-11/h3-4,7-8,15H,2,5-6H2,1H3/b10-8+. The molecular weight excluding hydrogens is 220 g/mol. The largest absolute Gasteiger partial charge is 0.465 e. The van der Waals surface area contributed by atoms with Crippen molar-refractivity contribution in [3.8, 4) is 6.07 Å². The fourth-order valence-electron chi connectivity index (χ4n) is 1.35. The second kappa shape index (κ2) is 6.51. The Balaban J connectivity index is 2.88. The van der Waals surface area contributed by atoms with Crippen LogP contribution in [0.1, 0.15) is 12.7 Å². The number of carbonyl (C=O) groups excluding carboxylic acids is 1. The van der Waals surface area contributed by atoms with Gasteiger partial charge in [0, 0.05) is 19.2 Å². The molecule has 1 amide bonds. The van der Waals surface area contributed by atoms with Gasteiger partial charge in [-0.25, -0.2) is 0 Å². The van der Waals surface area contributed by atoms with Gasteiger partial charge in [0.05, 0.1) is 12.9 Å². The van der Waals surface area contributed by atoms with Crippen molar-refractivity contribution < 1.29 is 14.3 Å². The van der Waals surface area contributed by atoms with Gasteiger partial charge in [0.2, 0.25) is 0 Å². The van der Waals surface area contributed by atoms with Gasteiger partial charge in [0.15, 0.2) is 0 Å². The van der Waals surface area contributed by atoms with Gasteiger partial charge in [-0.15, -0.1) is 0 Å². The first-order valence-corrected chi connectivity index (χ1v) is 5.28. The van der Waals surface area contributed by atoms with E-state index in [1.54, 1.807) is 19.1 Å². The molecule has 1 aromatic rings. The van der Waals surface area contributed by atoms with Gasteiger partial charge in [-0.3, -0.25) is 4.79 Å². The van der Waals surface area contributed by atoms with Crippen molar-refractivity contribution in [1.82, 2.24) is 4.90 Å². The molecule has 0 aliphatic heterocycles. The lowest BCUT2D eigenvalue weighted by molar-refractivity contribution is -0.126. The number of likely N-dealkylation sites (N-methyl/N-ethyl adjacent to an activating group) is 1. The Morgan fingerprint density at radius 1 is 1.71 bits per heavy atom. The number of furan rings is 1. The molecule has 0 aliphatic carbocycles. The fourth-order valence-corrected chi connectivity index (χ4v) is 1.35. The van der Waals surface area contributed by atoms with Crippen molar-refractivity contribution >= 4 is 12.0 Å². The van der Waals surface area contributed by atoms with Gasteiger partial charge >= 0.3 is 0 Å². The Kier molecular flexibility index (Phi) is 4.98. The summed E-state index contributed by atoms with van der Waals surface area (Å²) in [5, 5.41) is 17.8. The molecule has 1 N–H and O–H groups in total. The van der Waals surface area contributed by atoms with Gasteiger partial charge in [0.25, 0.3) is 5.91 Å². The Hall–Kier alpha value is -2.06. The van der Waals surface area contributed by atoms with Crippen LogP contribution in [-0.4, -0.2) is 35.6 Å². The van der Waals surface area contributed by atoms with Crippen LogP contribution >= 0.6 is 0 Å². The Labute approximate surface area is 99.6 Å². The number of hydrogen-bond donors (Lipinski definition) is 1. The van der Waals surface area contributed by atoms with E-state index in [9.17, 15) is 4.79 Å². The molecule has 0 unspecified atom stereocenters. The second-order valence-electron chi connectivity index (χ2n) is 3.29. The van der Waals surface area contributed by atoms with Crippen LogP contribution < -0.4 is 0 Å². The minimum absolute atomic E-state index is 0.00440. The van der Waals surface area contributed by atoms with E-state index < -0.39 is 5.91 Å². The lowest BCUT2D eigenvalue weighted by Crippen LogP contribution is -2.34. The van der Waals surface area contributed by atoms with E-state index in [1.807, 2.05) is 6.07 Å². The third kappa shape index (κ3) is 3.47. The summed E-state index contributed by atoms with van der Waals surface area (Å²) in [4.78, 5) is 13.3. The van der Waals surface area contributed by atoms with Crippen LogP contribution in [0.3, 0.4) is 0 Å². The van der Waals surface area contributed by atoms with Crippen molar-refractivity contribution in [1.29, 1.82) is 5.26 Å². The summed E-state index contributed by atoms with van der Waals surface area (Å²) in [7, 11) is 0. The van der Waals surface area contributed by atoms with Crippen molar-refractivity contribution in [2.75, 3.05) is 19.7 Å². The molecule has 0 atom stereocenters. The van der Waals surface area contributed by atoms with Crippen molar-refractivity contribution in [3.05, 3.63) is 29.7 Å². The number of rotatable bonds is 5. The first kappa shape index (κ1) is 13.0. The molecule has 1 rings (SSSR count). The third-order valence-electron chi connectivity index (χ3n) is 2.22. The van der Waals surface area contributed by atoms with E-state index in [1.165, 1.54) is 17.2 Å². The number of aliphatic hydroxyl groups excluding tert-OH is 1. The molecule has 5 nitrogen and oxygen atoms in total. The maximum Gasteiger partial charge on any atom is 0.264 e. The third-order valence-corrected chi connectivity index (χ3v) is 2.22. The van der Waals surface area contributed by atoms with E-state index in [0.29, 0.717) is 12.3 Å². The first-order chi connectivity index (χ1) is 8.22. The van der Waals surface area contributed by atoms with Crippen LogP contribution in [0.15, 0.2) is 28.4 Å². The summed E-state index contributed by atoms with van der Waals surface area (Å²) in [5.74, 6) is 0.0513. The van der Waals surface area contributed by atoms with Crippen LogP contribution in [0.25, 0.3) is 6.08 Å². The minimum Gasteiger partial charge on any atom is -0.465 e. The number of amides is 1. The molecule has 0 spiro atoms. The van der Waals surface area contributed by atoms with E-state index in [-0.39, 0.29) is 18.7 Å². The van der Waals surface area contributed by atoms with Crippen LogP contribution in [0.4, 0.5) is 0 Å². The molecule has 0 saturated heterocycles. The molecule has 0 fully saturated rings. The SMILES string of the molecule is CCN(CCO)C(=O)/C(C#N)=C/c1ccco1. The average molecular weight is 234 g/mol. The molecule has 0 bridgehead atoms. The summed E-state index contributed by atoms with van der Waals surface area (Å²) in [6, 6.07) is 5.18. The first-order valence-electron chi connectivity index (χ1n) is 5.28. The predicted octanol–water partition coefficient (Wildman–Crippen LogP) is 1.03. The highest BCUT2D eigenvalue weighted by molar-refractivity contribution is 6.01. The highest BCUT2D eigenvalue weighted by Crippen LogP contribution is 2.09. The molecule has 5 heteroatoms. The van der Waals surface area contributed by atoms with Crippen LogP contribution in [0, 0.1) is 11.3 Å². The molecule has 1 aromatic heterocycles. The lowest BCUT2D eigenvalue weighted by atomic mass is 10.2. The Bertz CT molecular complexity index is 429. The van der Waals surface area contributed by atoms with Crippen LogP contribution in [0.2, 0.25) is 0 Å². The zero-order valence-corrected chi connectivity index (χ0v) is 9.59. The van der Waals surface area contributed by atoms with Gasteiger partial charge in [0.1, 0.15) is 17.4 Å². The maximum atomic E-state index is 11.9. The quantitative estimate of drug-likeness (QED) is 0.609. The molecule has 17 heavy (non-hydrogen) atoms. The number of aliphatic hydroxyl groups is 1. The predicted molar refractivity (Wildman–Crippen MR) is 61.6 cm³/mol. The van der Waals surface area contributed by atoms with Crippen LogP contribution in [-0.2, 0) is 4.79 Å². The van der Waals surface area contributed by atoms with Crippen molar-refractivity contribution in [3.63, 3.8) is 0 Å². The van der Waals surface area contributed by atoms with E-state index in [2.05, 4.69) is 0 Å². The topological polar surface area (TPSA) is 77.5 Å². The highest BCUT2D eigenvalue weighted by atomic mass is 16.3. The van der Waals surface area contributed by atoms with E-state index >= 15 is 0 Å². The highest BCUT2D eigenvalue weighted by Gasteiger charge is 2.16. The van der Waals surface area contributed by atoms with Gasteiger partial charge < -0.3 is 14.4 Å². The fraction of sp³-hybridized carbons (Fsp3) is 0.333. The summed E-state index contributed by atoms with van der Waals surface area (Å²) < 4.78 is 5.04. The Morgan fingerprint density at radius 2 is 2.47 bits per heavy atom. The number of nitriles is 1. The second-order valence-corrected chi connectivity index (χ2v) is 3.29. The monoisotopic (exact) mass is 234 g/mol. The zero-order valence-electron chi connectivity index (χ0n) is 9.59. The van der Waals surface area contributed by atoms with E-state index in [0.717, 1.165) is 0 Å². The number of nitrogens with zero attached hydrogens (tertiary/aromatic N) is 2. The summed E-state index contributed by atoms with van der Waals surface area (Å²) in [5.41, 5.74) is -0.00440. The minimum atomic E-state index is -0.402. The van der Waals surface area contributed by atoms with Crippen molar-refractivity contribution in [2.24, 2.45) is 0 Å². The van der Waals surface area contributed by atoms with Gasteiger partial charge in [-0.1, -0.05) is 0 Å². The molecule has 0 saturated carbocycles. The smallest absolute Gasteiger partial charge is 0.264 e. The molecule has 0 aromatic carbocycles. The lowest BCUT2D eigenvalue weighted by Gasteiger charge is -2.18. The molecule has 0 radical (unpaired) electrons. The Morgan fingerprint density at radius 3 is 2.94 bits per heavy atom. The van der Waals surface area contributed by atoms with Gasteiger partial charge in [-0.2, -0.15) is 5.26 Å². The van der Waals surface area contributed by atoms with E-state index in [4.69, 9.17) is 14.8 Å². The zero-order chi connectivity index (χ0) is 12.7. The van der Waals surface area contributed by atoms with Crippen LogP contribution in [0.5, 0.6) is 0 Å². The van der Waals surface area contributed by atoms with Gasteiger partial charge in [-0.05, 0) is 19.1 Å². The normalized spacial score (nSPS) is 11.0. The molecule has 0 aliphatic rings. The number of hydrogen-bond acceptors (Lipinski definition) is 4. The van der Waals surface area contributed by atoms with Crippen molar-refractivity contribution in [2.45, 2.75) is 6.92 Å². The molecule has 1 heterocycles. The summed E-state index contributed by atoms with van der Waals surface area (Å²) in [6.45, 7) is 2.32. The average Bonchev–Trinajstić information content (AvgIpc) is 2.85. The summed E-state index contributed by atoms with van der Waals surface area (Å²) >= 11 is 0. The molecular formula is C12H14N2O3. The number of carbonyl (C=O) groups is 1. The molecule has 90 valence electrons.